The largest absolute Gasteiger partial charge is 0.490 e. The van der Waals surface area contributed by atoms with Crippen molar-refractivity contribution in [2.45, 2.75) is 6.04 Å². The van der Waals surface area contributed by atoms with Crippen LogP contribution in [0.5, 0.6) is 5.75 Å². The first-order valence-electron chi connectivity index (χ1n) is 9.31. The molecule has 5 rings (SSSR count). The molecule has 0 radical (unpaired) electrons. The van der Waals surface area contributed by atoms with Gasteiger partial charge in [-0.3, -0.25) is 14.5 Å². The average Bonchev–Trinajstić information content (AvgIpc) is 3.39. The van der Waals surface area contributed by atoms with Gasteiger partial charge in [-0.15, -0.1) is 11.3 Å². The van der Waals surface area contributed by atoms with Crippen molar-refractivity contribution in [3.8, 4) is 5.75 Å². The Kier molecular flexibility index (Phi) is 4.44. The number of hydrogen-bond acceptors (Lipinski definition) is 6. The molecule has 0 bridgehead atoms. The molecule has 1 amide bonds. The Bertz CT molecular complexity index is 1330. The van der Waals surface area contributed by atoms with E-state index >= 15 is 0 Å². The minimum atomic E-state index is -0.660. The smallest absolute Gasteiger partial charge is 0.297 e. The summed E-state index contributed by atoms with van der Waals surface area (Å²) in [4.78, 5) is 32.6. The molecular formula is C23H16N2O4S. The van der Waals surface area contributed by atoms with Crippen molar-refractivity contribution >= 4 is 33.3 Å². The van der Waals surface area contributed by atoms with Gasteiger partial charge >= 0.3 is 0 Å². The van der Waals surface area contributed by atoms with Crippen LogP contribution in [0.4, 0.5) is 5.13 Å². The third kappa shape index (κ3) is 2.83. The topological polar surface area (TPSA) is 72.6 Å². The minimum Gasteiger partial charge on any atom is -0.490 e. The number of hydrogen-bond donors (Lipinski definition) is 0. The zero-order valence-electron chi connectivity index (χ0n) is 15.8. The molecule has 0 spiro atoms. The van der Waals surface area contributed by atoms with Gasteiger partial charge in [-0.25, -0.2) is 4.98 Å². The van der Waals surface area contributed by atoms with E-state index < -0.39 is 6.04 Å². The number of thiazole rings is 1. The van der Waals surface area contributed by atoms with Crippen LogP contribution < -0.4 is 15.1 Å². The average molecular weight is 416 g/mol. The first-order chi connectivity index (χ1) is 14.7. The number of para-hydroxylation sites is 1. The fraction of sp³-hybridized carbons (Fsp3) is 0.0870. The summed E-state index contributed by atoms with van der Waals surface area (Å²) in [5.41, 5.74) is 1.22. The molecule has 0 unspecified atom stereocenters. The molecule has 7 heteroatoms. The molecule has 148 valence electrons. The summed E-state index contributed by atoms with van der Waals surface area (Å²) in [6.45, 7) is 4.02. The molecular weight excluding hydrogens is 400 g/mol. The maximum atomic E-state index is 13.4. The van der Waals surface area contributed by atoms with Gasteiger partial charge in [0, 0.05) is 11.6 Å². The van der Waals surface area contributed by atoms with Crippen LogP contribution in [0.2, 0.25) is 0 Å². The molecule has 30 heavy (non-hydrogen) atoms. The lowest BCUT2D eigenvalue weighted by Gasteiger charge is -2.23. The first kappa shape index (κ1) is 18.3. The summed E-state index contributed by atoms with van der Waals surface area (Å²) in [7, 11) is 0. The van der Waals surface area contributed by atoms with Gasteiger partial charge in [-0.05, 0) is 29.8 Å². The van der Waals surface area contributed by atoms with E-state index in [1.807, 2.05) is 24.3 Å². The number of aromatic nitrogens is 1. The third-order valence-electron chi connectivity index (χ3n) is 4.94. The standard InChI is InChI=1S/C23H16N2O4S/c1-2-11-28-15-7-5-6-14(13-15)19-18-20(26)16-8-3-4-9-17(16)29-21(18)22(27)25(19)23-24-10-12-30-23/h2-10,12-13,19H,1,11H2/t19-/m0/s1. The second-order valence-corrected chi connectivity index (χ2v) is 7.61. The molecule has 0 N–H and O–H groups in total. The maximum Gasteiger partial charge on any atom is 0.297 e. The second kappa shape index (κ2) is 7.27. The molecule has 2 aromatic carbocycles. The van der Waals surface area contributed by atoms with Crippen molar-refractivity contribution in [2.75, 3.05) is 11.5 Å². The number of nitrogens with zero attached hydrogens (tertiary/aromatic N) is 2. The molecule has 0 aliphatic carbocycles. The number of fused-ring (bicyclic) bond motifs is 2. The fourth-order valence-corrected chi connectivity index (χ4v) is 4.36. The monoisotopic (exact) mass is 416 g/mol. The van der Waals surface area contributed by atoms with Gasteiger partial charge in [0.1, 0.15) is 17.9 Å². The maximum absolute atomic E-state index is 13.4. The molecule has 0 fully saturated rings. The summed E-state index contributed by atoms with van der Waals surface area (Å²) in [5, 5.41) is 2.73. The van der Waals surface area contributed by atoms with Crippen LogP contribution in [0.3, 0.4) is 0 Å². The molecule has 6 nitrogen and oxygen atoms in total. The number of benzene rings is 2. The molecule has 1 aliphatic rings. The van der Waals surface area contributed by atoms with E-state index in [-0.39, 0.29) is 17.1 Å². The summed E-state index contributed by atoms with van der Waals surface area (Å²) in [6.07, 6.45) is 3.28. The van der Waals surface area contributed by atoms with Crippen LogP contribution in [-0.4, -0.2) is 17.5 Å². The van der Waals surface area contributed by atoms with Crippen LogP contribution in [0.15, 0.2) is 82.0 Å². The molecule has 1 aliphatic heterocycles. The number of ether oxygens (including phenoxy) is 1. The Morgan fingerprint density at radius 3 is 2.87 bits per heavy atom. The number of anilines is 1. The number of rotatable bonds is 5. The van der Waals surface area contributed by atoms with Gasteiger partial charge in [0.25, 0.3) is 5.91 Å². The lowest BCUT2D eigenvalue weighted by atomic mass is 9.98. The Hall–Kier alpha value is -3.71. The third-order valence-corrected chi connectivity index (χ3v) is 5.72. The van der Waals surface area contributed by atoms with E-state index in [4.69, 9.17) is 9.15 Å². The Morgan fingerprint density at radius 2 is 2.07 bits per heavy atom. The van der Waals surface area contributed by atoms with Gasteiger partial charge in [-0.1, -0.05) is 36.9 Å². The normalized spacial score (nSPS) is 15.4. The summed E-state index contributed by atoms with van der Waals surface area (Å²) < 4.78 is 11.6. The van der Waals surface area contributed by atoms with E-state index in [2.05, 4.69) is 11.6 Å². The molecule has 4 aromatic rings. The van der Waals surface area contributed by atoms with E-state index in [0.29, 0.717) is 34.0 Å². The van der Waals surface area contributed by atoms with Gasteiger partial charge in [-0.2, -0.15) is 0 Å². The lowest BCUT2D eigenvalue weighted by molar-refractivity contribution is 0.0971. The van der Waals surface area contributed by atoms with E-state index in [9.17, 15) is 9.59 Å². The molecule has 2 aromatic heterocycles. The summed E-state index contributed by atoms with van der Waals surface area (Å²) in [6, 6.07) is 13.6. The second-order valence-electron chi connectivity index (χ2n) is 6.73. The van der Waals surface area contributed by atoms with Gasteiger partial charge < -0.3 is 9.15 Å². The van der Waals surface area contributed by atoms with Gasteiger partial charge in [0.2, 0.25) is 5.76 Å². The van der Waals surface area contributed by atoms with Crippen LogP contribution in [-0.2, 0) is 0 Å². The fourth-order valence-electron chi connectivity index (χ4n) is 3.70. The quantitative estimate of drug-likeness (QED) is 0.446. The highest BCUT2D eigenvalue weighted by molar-refractivity contribution is 7.13. The highest BCUT2D eigenvalue weighted by Crippen LogP contribution is 2.42. The number of carbonyl (C=O) groups excluding carboxylic acids is 1. The first-order valence-corrected chi connectivity index (χ1v) is 10.2. The van der Waals surface area contributed by atoms with Gasteiger partial charge in [0.15, 0.2) is 10.6 Å². The van der Waals surface area contributed by atoms with Crippen molar-refractivity contribution in [1.82, 2.24) is 4.98 Å². The van der Waals surface area contributed by atoms with Crippen LogP contribution in [0.1, 0.15) is 27.7 Å². The molecule has 0 saturated carbocycles. The van der Waals surface area contributed by atoms with E-state index in [1.165, 1.54) is 16.2 Å². The number of carbonyl (C=O) groups is 1. The Morgan fingerprint density at radius 1 is 1.20 bits per heavy atom. The Balaban J connectivity index is 1.76. The number of amides is 1. The van der Waals surface area contributed by atoms with Crippen LogP contribution in [0.25, 0.3) is 11.0 Å². The van der Waals surface area contributed by atoms with E-state index in [1.54, 1.807) is 41.9 Å². The van der Waals surface area contributed by atoms with Crippen molar-refractivity contribution in [3.05, 3.63) is 99.9 Å². The summed E-state index contributed by atoms with van der Waals surface area (Å²) >= 11 is 1.33. The SMILES string of the molecule is C=CCOc1cccc([C@H]2c3c(oc4ccccc4c3=O)C(=O)N2c2nccs2)c1. The van der Waals surface area contributed by atoms with Crippen molar-refractivity contribution in [3.63, 3.8) is 0 Å². The molecule has 3 heterocycles. The highest BCUT2D eigenvalue weighted by Gasteiger charge is 2.44. The predicted octanol–water partition coefficient (Wildman–Crippen LogP) is 4.56. The zero-order chi connectivity index (χ0) is 20.7. The molecule has 1 atom stereocenters. The molecule has 0 saturated heterocycles. The van der Waals surface area contributed by atoms with Crippen molar-refractivity contribution < 1.29 is 13.9 Å². The zero-order valence-corrected chi connectivity index (χ0v) is 16.6. The van der Waals surface area contributed by atoms with Crippen LogP contribution in [0, 0.1) is 0 Å². The predicted molar refractivity (Wildman–Crippen MR) is 115 cm³/mol. The van der Waals surface area contributed by atoms with E-state index in [0.717, 1.165) is 5.56 Å². The Labute approximate surface area is 175 Å². The van der Waals surface area contributed by atoms with Gasteiger partial charge in [0.05, 0.1) is 17.0 Å². The minimum absolute atomic E-state index is 0.0521. The van der Waals surface area contributed by atoms with Crippen LogP contribution >= 0.6 is 11.3 Å². The van der Waals surface area contributed by atoms with Crippen molar-refractivity contribution in [1.29, 1.82) is 0 Å². The summed E-state index contributed by atoms with van der Waals surface area (Å²) in [5.74, 6) is 0.291. The highest BCUT2D eigenvalue weighted by atomic mass is 32.1. The lowest BCUT2D eigenvalue weighted by Crippen LogP contribution is -2.29. The van der Waals surface area contributed by atoms with Crippen molar-refractivity contribution in [2.24, 2.45) is 0 Å².